The molecule has 0 unspecified atom stereocenters. The lowest BCUT2D eigenvalue weighted by Crippen LogP contribution is -2.10. The van der Waals surface area contributed by atoms with Crippen LogP contribution in [0.1, 0.15) is 50.6 Å². The molecule has 0 bridgehead atoms. The van der Waals surface area contributed by atoms with Crippen molar-refractivity contribution < 1.29 is 23.5 Å². The smallest absolute Gasteiger partial charge is 0.355 e. The van der Waals surface area contributed by atoms with E-state index >= 15 is 0 Å². The number of halogens is 2. The SMILES string of the molecule is CCOC(=O)c1c(-c2ccc(F)cc2)c(C(=O)c2ccc(Cl)cc2)c2cc(C(C)=O)ccn12. The molecule has 0 spiro atoms. The van der Waals surface area contributed by atoms with Gasteiger partial charge in [-0.1, -0.05) is 23.7 Å². The first-order chi connectivity index (χ1) is 15.8. The van der Waals surface area contributed by atoms with Crippen LogP contribution in [0.5, 0.6) is 0 Å². The summed E-state index contributed by atoms with van der Waals surface area (Å²) in [5.41, 5.74) is 2.18. The normalized spacial score (nSPS) is 10.9. The molecule has 2 aromatic heterocycles. The number of hydrogen-bond acceptors (Lipinski definition) is 4. The second-order valence-electron chi connectivity index (χ2n) is 7.39. The highest BCUT2D eigenvalue weighted by molar-refractivity contribution is 6.30. The van der Waals surface area contributed by atoms with Crippen LogP contribution < -0.4 is 0 Å². The van der Waals surface area contributed by atoms with E-state index < -0.39 is 11.8 Å². The third-order valence-corrected chi connectivity index (χ3v) is 5.53. The van der Waals surface area contributed by atoms with E-state index in [9.17, 15) is 18.8 Å². The molecule has 0 atom stereocenters. The molecule has 0 saturated heterocycles. The van der Waals surface area contributed by atoms with Crippen molar-refractivity contribution in [2.24, 2.45) is 0 Å². The minimum absolute atomic E-state index is 0.117. The Balaban J connectivity index is 2.12. The van der Waals surface area contributed by atoms with Gasteiger partial charge in [-0.15, -0.1) is 0 Å². The van der Waals surface area contributed by atoms with E-state index in [1.807, 2.05) is 0 Å². The van der Waals surface area contributed by atoms with Crippen molar-refractivity contribution in [3.05, 3.63) is 100 Å². The first-order valence-corrected chi connectivity index (χ1v) is 10.6. The van der Waals surface area contributed by atoms with Crippen molar-refractivity contribution in [1.82, 2.24) is 4.40 Å². The Morgan fingerprint density at radius 2 is 1.64 bits per heavy atom. The highest BCUT2D eigenvalue weighted by Gasteiger charge is 2.30. The largest absolute Gasteiger partial charge is 0.461 e. The molecule has 0 fully saturated rings. The molecule has 0 aliphatic heterocycles. The molecule has 4 rings (SSSR count). The molecule has 2 aromatic carbocycles. The second kappa shape index (κ2) is 9.00. The molecular weight excluding hydrogens is 445 g/mol. The molecule has 33 heavy (non-hydrogen) atoms. The zero-order chi connectivity index (χ0) is 23.7. The third kappa shape index (κ3) is 4.17. The van der Waals surface area contributed by atoms with Crippen molar-refractivity contribution in [2.75, 3.05) is 6.61 Å². The zero-order valence-electron chi connectivity index (χ0n) is 17.9. The quantitative estimate of drug-likeness (QED) is 0.259. The number of Topliss-reactive ketones (excluding diaryl/α,β-unsaturated/α-hetero) is 1. The lowest BCUT2D eigenvalue weighted by molar-refractivity contribution is 0.0519. The van der Waals surface area contributed by atoms with Crippen molar-refractivity contribution >= 4 is 34.7 Å². The van der Waals surface area contributed by atoms with Gasteiger partial charge in [0.05, 0.1) is 17.7 Å². The Bertz CT molecular complexity index is 1390. The highest BCUT2D eigenvalue weighted by Crippen LogP contribution is 2.36. The number of ether oxygens (including phenoxy) is 1. The Morgan fingerprint density at radius 1 is 0.970 bits per heavy atom. The average molecular weight is 464 g/mol. The Labute approximate surface area is 194 Å². The predicted molar refractivity (Wildman–Crippen MR) is 124 cm³/mol. The minimum Gasteiger partial charge on any atom is -0.461 e. The van der Waals surface area contributed by atoms with Crippen molar-refractivity contribution in [3.63, 3.8) is 0 Å². The molecule has 4 aromatic rings. The maximum atomic E-state index is 13.7. The molecule has 0 amide bonds. The Kier molecular flexibility index (Phi) is 6.11. The van der Waals surface area contributed by atoms with Crippen LogP contribution in [0.2, 0.25) is 5.02 Å². The molecule has 0 aliphatic carbocycles. The summed E-state index contributed by atoms with van der Waals surface area (Å²) in [7, 11) is 0. The van der Waals surface area contributed by atoms with Crippen LogP contribution in [0.3, 0.4) is 0 Å². The number of aromatic nitrogens is 1. The molecule has 0 radical (unpaired) electrons. The summed E-state index contributed by atoms with van der Waals surface area (Å²) in [6.45, 7) is 3.22. The lowest BCUT2D eigenvalue weighted by Gasteiger charge is -2.08. The molecule has 7 heteroatoms. The van der Waals surface area contributed by atoms with Crippen LogP contribution >= 0.6 is 11.6 Å². The monoisotopic (exact) mass is 463 g/mol. The first kappa shape index (κ1) is 22.4. The van der Waals surface area contributed by atoms with Crippen molar-refractivity contribution in [1.29, 1.82) is 0 Å². The number of nitrogens with zero attached hydrogens (tertiary/aromatic N) is 1. The number of hydrogen-bond donors (Lipinski definition) is 0. The fraction of sp³-hybridized carbons (Fsp3) is 0.115. The number of benzene rings is 2. The van der Waals surface area contributed by atoms with Crippen LogP contribution in [0.4, 0.5) is 4.39 Å². The van der Waals surface area contributed by atoms with E-state index in [4.69, 9.17) is 16.3 Å². The maximum Gasteiger partial charge on any atom is 0.355 e. The van der Waals surface area contributed by atoms with Gasteiger partial charge in [0, 0.05) is 27.9 Å². The number of carbonyl (C=O) groups excluding carboxylic acids is 3. The molecule has 5 nitrogen and oxygen atoms in total. The maximum absolute atomic E-state index is 13.7. The number of ketones is 2. The summed E-state index contributed by atoms with van der Waals surface area (Å²) in [6.07, 6.45) is 1.56. The predicted octanol–water partition coefficient (Wildman–Crippen LogP) is 6.01. The number of esters is 1. The number of fused-ring (bicyclic) bond motifs is 1. The Morgan fingerprint density at radius 3 is 2.24 bits per heavy atom. The van der Waals surface area contributed by atoms with Gasteiger partial charge in [-0.2, -0.15) is 0 Å². The van der Waals surface area contributed by atoms with Gasteiger partial charge >= 0.3 is 5.97 Å². The molecule has 0 N–H and O–H groups in total. The number of pyridine rings is 1. The summed E-state index contributed by atoms with van der Waals surface area (Å²) < 4.78 is 20.5. The van der Waals surface area contributed by atoms with Gasteiger partial charge < -0.3 is 9.14 Å². The van der Waals surface area contributed by atoms with Crippen molar-refractivity contribution in [3.8, 4) is 11.1 Å². The van der Waals surface area contributed by atoms with E-state index in [0.717, 1.165) is 0 Å². The van der Waals surface area contributed by atoms with Crippen molar-refractivity contribution in [2.45, 2.75) is 13.8 Å². The van der Waals surface area contributed by atoms with Gasteiger partial charge in [-0.05, 0) is 67.9 Å². The van der Waals surface area contributed by atoms with Gasteiger partial charge in [0.1, 0.15) is 11.5 Å². The molecular formula is C26H19ClFNO4. The topological polar surface area (TPSA) is 64.9 Å². The van der Waals surface area contributed by atoms with E-state index in [0.29, 0.717) is 32.8 Å². The van der Waals surface area contributed by atoms with Crippen LogP contribution in [0.15, 0.2) is 66.9 Å². The summed E-state index contributed by atoms with van der Waals surface area (Å²) >= 11 is 5.99. The van der Waals surface area contributed by atoms with E-state index in [1.54, 1.807) is 49.5 Å². The molecule has 2 heterocycles. The minimum atomic E-state index is -0.641. The van der Waals surface area contributed by atoms with Gasteiger partial charge in [-0.25, -0.2) is 9.18 Å². The van der Waals surface area contributed by atoms with Gasteiger partial charge in [-0.3, -0.25) is 9.59 Å². The fourth-order valence-electron chi connectivity index (χ4n) is 3.75. The lowest BCUT2D eigenvalue weighted by atomic mass is 9.94. The summed E-state index contributed by atoms with van der Waals surface area (Å²) in [4.78, 5) is 38.9. The van der Waals surface area contributed by atoms with E-state index in [1.165, 1.54) is 35.6 Å². The van der Waals surface area contributed by atoms with Crippen LogP contribution in [0.25, 0.3) is 16.6 Å². The molecule has 166 valence electrons. The molecule has 0 aliphatic rings. The summed E-state index contributed by atoms with van der Waals surface area (Å²) in [5.74, 6) is -1.66. The van der Waals surface area contributed by atoms with Gasteiger partial charge in [0.25, 0.3) is 0 Å². The van der Waals surface area contributed by atoms with Crippen LogP contribution in [0, 0.1) is 5.82 Å². The standard InChI is InChI=1S/C26H19ClFNO4/c1-3-33-26(32)24-22(16-6-10-20(28)11-7-16)23(25(31)17-4-8-19(27)9-5-17)21-14-18(15(2)30)12-13-29(21)24/h4-14H,3H2,1-2H3. The average Bonchev–Trinajstić information content (AvgIpc) is 3.14. The zero-order valence-corrected chi connectivity index (χ0v) is 18.7. The van der Waals surface area contributed by atoms with E-state index in [-0.39, 0.29) is 29.4 Å². The number of carbonyl (C=O) groups is 3. The highest BCUT2D eigenvalue weighted by atomic mass is 35.5. The summed E-state index contributed by atoms with van der Waals surface area (Å²) in [5, 5.41) is 0.470. The third-order valence-electron chi connectivity index (χ3n) is 5.28. The van der Waals surface area contributed by atoms with Crippen LogP contribution in [-0.2, 0) is 4.74 Å². The summed E-state index contributed by atoms with van der Waals surface area (Å²) in [6, 6.07) is 15.0. The van der Waals surface area contributed by atoms with Crippen LogP contribution in [-0.4, -0.2) is 28.5 Å². The van der Waals surface area contributed by atoms with Gasteiger partial charge in [0.15, 0.2) is 11.6 Å². The fourth-order valence-corrected chi connectivity index (χ4v) is 3.87. The molecule has 0 saturated carbocycles. The number of rotatable bonds is 6. The first-order valence-electron chi connectivity index (χ1n) is 10.2. The van der Waals surface area contributed by atoms with Gasteiger partial charge in [0.2, 0.25) is 0 Å². The van der Waals surface area contributed by atoms with E-state index in [2.05, 4.69) is 0 Å². The second-order valence-corrected chi connectivity index (χ2v) is 7.83. The Hall–Kier alpha value is -3.77.